The van der Waals surface area contributed by atoms with Gasteiger partial charge in [0.05, 0.1) is 18.6 Å². The summed E-state index contributed by atoms with van der Waals surface area (Å²) in [5.41, 5.74) is 1.13. The van der Waals surface area contributed by atoms with Crippen molar-refractivity contribution in [2.75, 3.05) is 13.2 Å². The minimum absolute atomic E-state index is 0.00571. The van der Waals surface area contributed by atoms with Crippen molar-refractivity contribution in [1.82, 2.24) is 5.32 Å². The van der Waals surface area contributed by atoms with E-state index in [1.54, 1.807) is 0 Å². The minimum atomic E-state index is -0.588. The topological polar surface area (TPSA) is 58.6 Å². The molecule has 0 saturated carbocycles. The first-order valence-corrected chi connectivity index (χ1v) is 8.66. The quantitative estimate of drug-likeness (QED) is 0.812. The number of amides is 1. The molecule has 2 rings (SSSR count). The molecule has 128 valence electrons. The smallest absolute Gasteiger partial charge is 0.223 e. The van der Waals surface area contributed by atoms with Gasteiger partial charge in [-0.2, -0.15) is 0 Å². The molecule has 0 aliphatic carbocycles. The van der Waals surface area contributed by atoms with E-state index in [0.717, 1.165) is 38.0 Å². The third-order valence-electron chi connectivity index (χ3n) is 4.61. The van der Waals surface area contributed by atoms with Gasteiger partial charge in [-0.1, -0.05) is 44.2 Å². The van der Waals surface area contributed by atoms with Gasteiger partial charge >= 0.3 is 0 Å². The molecular formula is C19H29NO3. The van der Waals surface area contributed by atoms with Crippen LogP contribution in [0.5, 0.6) is 0 Å². The summed E-state index contributed by atoms with van der Waals surface area (Å²) >= 11 is 0. The molecule has 0 bridgehead atoms. The van der Waals surface area contributed by atoms with Gasteiger partial charge in [-0.3, -0.25) is 4.79 Å². The number of hydrogen-bond donors (Lipinski definition) is 2. The van der Waals surface area contributed by atoms with Crippen LogP contribution in [0.4, 0.5) is 0 Å². The van der Waals surface area contributed by atoms with Crippen LogP contribution < -0.4 is 5.32 Å². The standard InChI is InChI=1S/C19H29NO3/c1-14(2)18(21)13-19(22)20-17(16-6-4-3-5-7-16)12-15-8-10-23-11-9-15/h3-7,14-15,17-18,21H,8-13H2,1-2H3,(H,20,22). The minimum Gasteiger partial charge on any atom is -0.392 e. The highest BCUT2D eigenvalue weighted by atomic mass is 16.5. The Morgan fingerprint density at radius 3 is 2.52 bits per heavy atom. The Hall–Kier alpha value is -1.39. The van der Waals surface area contributed by atoms with Crippen molar-refractivity contribution in [3.8, 4) is 0 Å². The lowest BCUT2D eigenvalue weighted by Crippen LogP contribution is -2.34. The van der Waals surface area contributed by atoms with E-state index in [2.05, 4.69) is 17.4 Å². The number of aliphatic hydroxyl groups is 1. The van der Waals surface area contributed by atoms with Crippen molar-refractivity contribution in [2.24, 2.45) is 11.8 Å². The second-order valence-corrected chi connectivity index (χ2v) is 6.84. The summed E-state index contributed by atoms with van der Waals surface area (Å²) in [5, 5.41) is 13.1. The van der Waals surface area contributed by atoms with Gasteiger partial charge in [-0.05, 0) is 36.7 Å². The van der Waals surface area contributed by atoms with Gasteiger partial charge in [0, 0.05) is 13.2 Å². The zero-order valence-electron chi connectivity index (χ0n) is 14.2. The highest BCUT2D eigenvalue weighted by Gasteiger charge is 2.23. The Bertz CT molecular complexity index is 469. The van der Waals surface area contributed by atoms with Crippen LogP contribution in [0.2, 0.25) is 0 Å². The number of aliphatic hydroxyl groups excluding tert-OH is 1. The zero-order chi connectivity index (χ0) is 16.7. The first-order valence-electron chi connectivity index (χ1n) is 8.66. The van der Waals surface area contributed by atoms with Gasteiger partial charge < -0.3 is 15.2 Å². The predicted molar refractivity (Wildman–Crippen MR) is 90.9 cm³/mol. The molecule has 1 aliphatic rings. The number of hydrogen-bond acceptors (Lipinski definition) is 3. The summed E-state index contributed by atoms with van der Waals surface area (Å²) in [7, 11) is 0. The zero-order valence-corrected chi connectivity index (χ0v) is 14.2. The van der Waals surface area contributed by atoms with E-state index in [4.69, 9.17) is 4.74 Å². The van der Waals surface area contributed by atoms with Crippen LogP contribution in [0, 0.1) is 11.8 Å². The predicted octanol–water partition coefficient (Wildman–Crippen LogP) is 3.07. The molecule has 23 heavy (non-hydrogen) atoms. The number of carbonyl (C=O) groups is 1. The Labute approximate surface area is 139 Å². The summed E-state index contributed by atoms with van der Waals surface area (Å²) in [5.74, 6) is 0.586. The normalized spacial score (nSPS) is 18.6. The van der Waals surface area contributed by atoms with Gasteiger partial charge in [0.1, 0.15) is 0 Å². The maximum absolute atomic E-state index is 12.3. The van der Waals surface area contributed by atoms with Crippen molar-refractivity contribution in [3.05, 3.63) is 35.9 Å². The van der Waals surface area contributed by atoms with Crippen LogP contribution >= 0.6 is 0 Å². The fourth-order valence-corrected chi connectivity index (χ4v) is 2.96. The fourth-order valence-electron chi connectivity index (χ4n) is 2.96. The highest BCUT2D eigenvalue weighted by molar-refractivity contribution is 5.77. The van der Waals surface area contributed by atoms with E-state index in [9.17, 15) is 9.90 Å². The molecule has 1 amide bonds. The molecule has 1 fully saturated rings. The lowest BCUT2D eigenvalue weighted by Gasteiger charge is -2.28. The van der Waals surface area contributed by atoms with Crippen LogP contribution in [-0.2, 0) is 9.53 Å². The van der Waals surface area contributed by atoms with Gasteiger partial charge in [0.15, 0.2) is 0 Å². The fraction of sp³-hybridized carbons (Fsp3) is 0.632. The van der Waals surface area contributed by atoms with E-state index >= 15 is 0 Å². The third kappa shape index (κ3) is 5.96. The number of nitrogens with one attached hydrogen (secondary N) is 1. The van der Waals surface area contributed by atoms with Gasteiger partial charge in [0.25, 0.3) is 0 Å². The lowest BCUT2D eigenvalue weighted by molar-refractivity contribution is -0.124. The molecule has 1 aliphatic heterocycles. The van der Waals surface area contributed by atoms with Crippen LogP contribution in [0.3, 0.4) is 0 Å². The van der Waals surface area contributed by atoms with E-state index in [1.807, 2.05) is 32.0 Å². The average Bonchev–Trinajstić information content (AvgIpc) is 2.56. The molecule has 1 saturated heterocycles. The molecule has 1 heterocycles. The van der Waals surface area contributed by atoms with Gasteiger partial charge in [0.2, 0.25) is 5.91 Å². The Kier molecular flexibility index (Phi) is 7.06. The van der Waals surface area contributed by atoms with Gasteiger partial charge in [-0.15, -0.1) is 0 Å². The maximum atomic E-state index is 12.3. The van der Waals surface area contributed by atoms with Crippen molar-refractivity contribution < 1.29 is 14.6 Å². The van der Waals surface area contributed by atoms with Gasteiger partial charge in [-0.25, -0.2) is 0 Å². The summed E-state index contributed by atoms with van der Waals surface area (Å²) in [6, 6.07) is 10.1. The number of benzene rings is 1. The number of rotatable bonds is 7. The summed E-state index contributed by atoms with van der Waals surface area (Å²) < 4.78 is 5.43. The molecule has 4 heteroatoms. The van der Waals surface area contributed by atoms with Crippen molar-refractivity contribution in [2.45, 2.75) is 51.7 Å². The summed E-state index contributed by atoms with van der Waals surface area (Å²) in [6.07, 6.45) is 2.60. The van der Waals surface area contributed by atoms with E-state index in [0.29, 0.717) is 5.92 Å². The molecule has 0 spiro atoms. The van der Waals surface area contributed by atoms with Crippen molar-refractivity contribution in [1.29, 1.82) is 0 Å². The summed E-state index contributed by atoms with van der Waals surface area (Å²) in [6.45, 7) is 5.47. The molecule has 0 aromatic heterocycles. The molecule has 4 nitrogen and oxygen atoms in total. The molecule has 2 N–H and O–H groups in total. The third-order valence-corrected chi connectivity index (χ3v) is 4.61. The van der Waals surface area contributed by atoms with Crippen molar-refractivity contribution >= 4 is 5.91 Å². The largest absolute Gasteiger partial charge is 0.392 e. The first-order chi connectivity index (χ1) is 11.1. The highest BCUT2D eigenvalue weighted by Crippen LogP contribution is 2.27. The molecule has 2 atom stereocenters. The monoisotopic (exact) mass is 319 g/mol. The van der Waals surface area contributed by atoms with Crippen LogP contribution in [0.1, 0.15) is 51.1 Å². The molecule has 2 unspecified atom stereocenters. The van der Waals surface area contributed by atoms with E-state index in [-0.39, 0.29) is 24.3 Å². The molecule has 0 radical (unpaired) electrons. The second-order valence-electron chi connectivity index (χ2n) is 6.84. The maximum Gasteiger partial charge on any atom is 0.223 e. The summed E-state index contributed by atoms with van der Waals surface area (Å²) in [4.78, 5) is 12.3. The molecular weight excluding hydrogens is 290 g/mol. The lowest BCUT2D eigenvalue weighted by atomic mass is 9.89. The average molecular weight is 319 g/mol. The Balaban J connectivity index is 1.99. The van der Waals surface area contributed by atoms with Crippen molar-refractivity contribution in [3.63, 3.8) is 0 Å². The SMILES string of the molecule is CC(C)C(O)CC(=O)NC(CC1CCOCC1)c1ccccc1. The Morgan fingerprint density at radius 1 is 1.26 bits per heavy atom. The molecule has 1 aromatic rings. The van der Waals surface area contributed by atoms with Crippen LogP contribution in [-0.4, -0.2) is 30.3 Å². The Morgan fingerprint density at radius 2 is 1.91 bits per heavy atom. The first kappa shape index (κ1) is 18.0. The van der Waals surface area contributed by atoms with E-state index < -0.39 is 6.10 Å². The van der Waals surface area contributed by atoms with Crippen LogP contribution in [0.15, 0.2) is 30.3 Å². The number of carbonyl (C=O) groups excluding carboxylic acids is 1. The second kappa shape index (κ2) is 9.04. The van der Waals surface area contributed by atoms with Crippen LogP contribution in [0.25, 0.3) is 0 Å². The molecule has 1 aromatic carbocycles. The number of ether oxygens (including phenoxy) is 1. The van der Waals surface area contributed by atoms with E-state index in [1.165, 1.54) is 0 Å².